The number of benzene rings is 7. The molecule has 7 aromatic carbocycles. The van der Waals surface area contributed by atoms with Crippen LogP contribution in [-0.4, -0.2) is 22.1 Å². The Balaban J connectivity index is 1.14. The Morgan fingerprint density at radius 2 is 1.21 bits per heavy atom. The summed E-state index contributed by atoms with van der Waals surface area (Å²) in [5.41, 5.74) is 19.7. The number of Topliss-reactive ketones (excluding diaryl/α,β-unsaturated/α-hetero) is 1. The lowest BCUT2D eigenvalue weighted by molar-refractivity contribution is -0.113. The number of carbonyl (C=O) groups is 1. The molecule has 0 aliphatic heterocycles. The molecule has 0 spiro atoms. The zero-order valence-electron chi connectivity index (χ0n) is 42.7. The van der Waals surface area contributed by atoms with Crippen LogP contribution in [0.1, 0.15) is 49.8 Å². The number of pyridine rings is 1. The highest BCUT2D eigenvalue weighted by Gasteiger charge is 2.20. The molecule has 0 fully saturated rings. The second kappa shape index (κ2) is 24.0. The Morgan fingerprint density at radius 3 is 1.88 bits per heavy atom. The molecular formula is C71H60N2O2. The van der Waals surface area contributed by atoms with Crippen LogP contribution in [0.4, 0.5) is 0 Å². The van der Waals surface area contributed by atoms with Crippen molar-refractivity contribution >= 4 is 23.1 Å². The number of allylic oxidation sites excluding steroid dienone is 11. The molecule has 0 radical (unpaired) electrons. The highest BCUT2D eigenvalue weighted by Crippen LogP contribution is 2.43. The highest BCUT2D eigenvalue weighted by molar-refractivity contribution is 6.21. The van der Waals surface area contributed by atoms with Crippen molar-refractivity contribution in [3.63, 3.8) is 0 Å². The van der Waals surface area contributed by atoms with Crippen molar-refractivity contribution in [3.05, 3.63) is 295 Å². The molecule has 0 bridgehead atoms. The first-order chi connectivity index (χ1) is 36.7. The Morgan fingerprint density at radius 1 is 0.627 bits per heavy atom. The summed E-state index contributed by atoms with van der Waals surface area (Å²) in [5, 5.41) is 10.8. The fourth-order valence-electron chi connectivity index (χ4n) is 9.75. The van der Waals surface area contributed by atoms with Crippen LogP contribution < -0.4 is 0 Å². The van der Waals surface area contributed by atoms with Gasteiger partial charge in [-0.05, 0) is 146 Å². The monoisotopic (exact) mass is 972 g/mol. The van der Waals surface area contributed by atoms with E-state index in [1.165, 1.54) is 5.57 Å². The zero-order chi connectivity index (χ0) is 52.1. The predicted octanol–water partition coefficient (Wildman–Crippen LogP) is 18.5. The van der Waals surface area contributed by atoms with E-state index >= 15 is 0 Å². The summed E-state index contributed by atoms with van der Waals surface area (Å²) in [5.74, 6) is -0.103. The van der Waals surface area contributed by atoms with Gasteiger partial charge in [0.05, 0.1) is 17.0 Å². The fourth-order valence-corrected chi connectivity index (χ4v) is 9.75. The van der Waals surface area contributed by atoms with E-state index in [2.05, 4.69) is 165 Å². The van der Waals surface area contributed by atoms with E-state index in [-0.39, 0.29) is 18.0 Å². The fraction of sp³-hybridized carbons (Fsp3) is 0.0845. The predicted molar refractivity (Wildman–Crippen MR) is 317 cm³/mol. The lowest BCUT2D eigenvalue weighted by Crippen LogP contribution is -2.06. The summed E-state index contributed by atoms with van der Waals surface area (Å²) < 4.78 is 0. The van der Waals surface area contributed by atoms with Crippen molar-refractivity contribution in [1.82, 2.24) is 4.98 Å². The minimum atomic E-state index is -0.114. The maximum atomic E-state index is 14.0. The van der Waals surface area contributed by atoms with Crippen LogP contribution in [0.3, 0.4) is 0 Å². The van der Waals surface area contributed by atoms with Crippen molar-refractivity contribution in [3.8, 4) is 66.9 Å². The zero-order valence-corrected chi connectivity index (χ0v) is 42.7. The van der Waals surface area contributed by atoms with Crippen molar-refractivity contribution in [1.29, 1.82) is 0 Å². The molecule has 366 valence electrons. The third-order valence-electron chi connectivity index (χ3n) is 13.7. The van der Waals surface area contributed by atoms with Gasteiger partial charge in [-0.2, -0.15) is 0 Å². The van der Waals surface area contributed by atoms with Crippen LogP contribution in [0.2, 0.25) is 0 Å². The van der Waals surface area contributed by atoms with E-state index in [0.717, 1.165) is 102 Å². The SMILES string of the molecule is C=C(/C=C\C(=C)c1ccccc1-c1cc(-c2ccccc2CCC(=O)/C(=C(/C)O)c2ccccc2)cc(-c2ccccc2-c2cnc(-c3ccccc3)cc2-c2ccccc2)c1)C(=C)/N=C\C(=C\C)C1=CC=CCC1. The Hall–Kier alpha value is -9.25. The van der Waals surface area contributed by atoms with Crippen LogP contribution >= 0.6 is 0 Å². The van der Waals surface area contributed by atoms with Gasteiger partial charge in [-0.25, -0.2) is 0 Å². The van der Waals surface area contributed by atoms with Crippen LogP contribution in [0.5, 0.6) is 0 Å². The number of aliphatic hydroxyl groups is 1. The van der Waals surface area contributed by atoms with Gasteiger partial charge in [-0.3, -0.25) is 14.8 Å². The molecule has 0 unspecified atom stereocenters. The van der Waals surface area contributed by atoms with Crippen molar-refractivity contribution in [2.24, 2.45) is 4.99 Å². The number of ketones is 1. The molecule has 75 heavy (non-hydrogen) atoms. The number of aryl methyl sites for hydroxylation is 1. The minimum Gasteiger partial charge on any atom is -0.512 e. The van der Waals surface area contributed by atoms with Gasteiger partial charge in [0, 0.05) is 30.0 Å². The van der Waals surface area contributed by atoms with E-state index in [9.17, 15) is 9.90 Å². The van der Waals surface area contributed by atoms with E-state index in [1.54, 1.807) is 6.92 Å². The first-order valence-electron chi connectivity index (χ1n) is 25.5. The molecular weight excluding hydrogens is 913 g/mol. The van der Waals surface area contributed by atoms with Gasteiger partial charge >= 0.3 is 0 Å². The Kier molecular flexibility index (Phi) is 16.2. The number of nitrogens with zero attached hydrogens (tertiary/aromatic N) is 2. The number of hydrogen-bond donors (Lipinski definition) is 1. The van der Waals surface area contributed by atoms with Gasteiger partial charge in [-0.15, -0.1) is 0 Å². The Bertz CT molecular complexity index is 3620. The van der Waals surface area contributed by atoms with Gasteiger partial charge in [0.15, 0.2) is 5.78 Å². The van der Waals surface area contributed by atoms with Crippen molar-refractivity contribution < 1.29 is 9.90 Å². The third-order valence-corrected chi connectivity index (χ3v) is 13.7. The van der Waals surface area contributed by atoms with E-state index < -0.39 is 0 Å². The number of carbonyl (C=O) groups excluding carboxylic acids is 1. The maximum Gasteiger partial charge on any atom is 0.167 e. The number of aliphatic hydroxyl groups excluding tert-OH is 1. The lowest BCUT2D eigenvalue weighted by Gasteiger charge is -2.19. The number of rotatable bonds is 18. The van der Waals surface area contributed by atoms with Crippen LogP contribution in [0, 0.1) is 0 Å². The first kappa shape index (κ1) is 50.7. The molecule has 0 atom stereocenters. The van der Waals surface area contributed by atoms with Crippen LogP contribution in [0.25, 0.3) is 78.0 Å². The molecule has 4 nitrogen and oxygen atoms in total. The quantitative estimate of drug-likeness (QED) is 0.0403. The van der Waals surface area contributed by atoms with Gasteiger partial charge in [0.25, 0.3) is 0 Å². The summed E-state index contributed by atoms with van der Waals surface area (Å²) in [6, 6.07) is 64.4. The smallest absolute Gasteiger partial charge is 0.167 e. The molecule has 0 saturated heterocycles. The molecule has 1 N–H and O–H groups in total. The average Bonchev–Trinajstić information content (AvgIpc) is 3.46. The average molecular weight is 973 g/mol. The lowest BCUT2D eigenvalue weighted by atomic mass is 9.85. The summed E-state index contributed by atoms with van der Waals surface area (Å²) in [6.07, 6.45) is 19.0. The molecule has 8 aromatic rings. The van der Waals surface area contributed by atoms with E-state index in [4.69, 9.17) is 9.98 Å². The molecule has 0 amide bonds. The number of aromatic nitrogens is 1. The molecule has 1 aliphatic carbocycles. The van der Waals surface area contributed by atoms with Gasteiger partial charge in [0.1, 0.15) is 5.76 Å². The molecule has 1 aliphatic rings. The summed E-state index contributed by atoms with van der Waals surface area (Å²) in [6.45, 7) is 16.8. The van der Waals surface area contributed by atoms with Gasteiger partial charge in [0.2, 0.25) is 0 Å². The highest BCUT2D eigenvalue weighted by atomic mass is 16.3. The summed E-state index contributed by atoms with van der Waals surface area (Å²) in [4.78, 5) is 23.8. The maximum absolute atomic E-state index is 14.0. The topological polar surface area (TPSA) is 62.5 Å². The minimum absolute atomic E-state index is 0.0117. The molecule has 9 rings (SSSR count). The summed E-state index contributed by atoms with van der Waals surface area (Å²) >= 11 is 0. The Labute approximate surface area is 442 Å². The second-order valence-electron chi connectivity index (χ2n) is 18.6. The van der Waals surface area contributed by atoms with E-state index in [1.807, 2.05) is 98.2 Å². The molecule has 1 aromatic heterocycles. The summed E-state index contributed by atoms with van der Waals surface area (Å²) in [7, 11) is 0. The molecule has 1 heterocycles. The first-order valence-corrected chi connectivity index (χ1v) is 25.5. The third kappa shape index (κ3) is 12.0. The van der Waals surface area contributed by atoms with Gasteiger partial charge in [-0.1, -0.05) is 220 Å². The van der Waals surface area contributed by atoms with E-state index in [0.29, 0.717) is 28.8 Å². The van der Waals surface area contributed by atoms with Crippen molar-refractivity contribution in [2.75, 3.05) is 0 Å². The molecule has 0 saturated carbocycles. The number of hydrogen-bond acceptors (Lipinski definition) is 4. The normalized spacial score (nSPS) is 12.9. The van der Waals surface area contributed by atoms with Gasteiger partial charge < -0.3 is 5.11 Å². The molecule has 4 heteroatoms. The van der Waals surface area contributed by atoms with Crippen LogP contribution in [-0.2, 0) is 11.2 Å². The van der Waals surface area contributed by atoms with Crippen LogP contribution in [0.15, 0.2) is 284 Å². The standard InChI is InChI=1S/C71H60N2O2/c1-6-53(54-25-11-7-12-26-54)47-72-51(4)49(2)39-40-50(3)62-34-21-22-36-64(62)60-43-59(63-35-20-19-29-56(63)41-42-70(75)71(52(5)74)58-32-17-10-18-33-58)44-61(45-60)65-37-23-24-38-66(65)68-48-73-69(57-30-15-9-16-31-57)46-67(68)55-27-13-8-14-28-55/h6-11,13-25,27-40,43-48,74H,2-4,12,26,41-42H2,1,5H3/b40-39-,53-6-,71-52-,72-47-. The number of aliphatic imine (C=N–C) groups is 1. The van der Waals surface area contributed by atoms with Crippen molar-refractivity contribution in [2.45, 2.75) is 39.5 Å². The second-order valence-corrected chi connectivity index (χ2v) is 18.6. The largest absolute Gasteiger partial charge is 0.512 e.